The van der Waals surface area contributed by atoms with Crippen LogP contribution in [0.1, 0.15) is 36.1 Å². The normalized spacial score (nSPS) is 13.9. The number of hydrogen-bond acceptors (Lipinski definition) is 1. The quantitative estimate of drug-likeness (QED) is 0.188. The Bertz CT molecular complexity index is 1930. The van der Waals surface area contributed by atoms with Crippen LogP contribution < -0.4 is 4.90 Å². The molecule has 6 aromatic rings. The maximum absolute atomic E-state index is 3.62. The standard InChI is InChI=1S/C37H30BrN/c1-23-9-5-6-10-31(23)32-22-34-36(17-24(32)2)39(35-12-8-7-11-33(35)37(34,3)4)30-16-14-26-18-27-20-29(38)15-13-25(27)19-28(26)21-30/h5-22H,1-4H3. The molecule has 1 aliphatic heterocycles. The number of halogens is 1. The summed E-state index contributed by atoms with van der Waals surface area (Å²) in [5.41, 5.74) is 11.5. The molecule has 39 heavy (non-hydrogen) atoms. The highest BCUT2D eigenvalue weighted by molar-refractivity contribution is 9.10. The first-order chi connectivity index (χ1) is 18.8. The molecule has 0 N–H and O–H groups in total. The van der Waals surface area contributed by atoms with Crippen LogP contribution in [0.5, 0.6) is 0 Å². The topological polar surface area (TPSA) is 3.24 Å². The van der Waals surface area contributed by atoms with Crippen molar-refractivity contribution < 1.29 is 0 Å². The Morgan fingerprint density at radius 2 is 1.23 bits per heavy atom. The molecule has 0 aliphatic carbocycles. The summed E-state index contributed by atoms with van der Waals surface area (Å²) in [7, 11) is 0. The Hall–Kier alpha value is -3.88. The monoisotopic (exact) mass is 567 g/mol. The minimum absolute atomic E-state index is 0.131. The molecule has 0 saturated heterocycles. The van der Waals surface area contributed by atoms with Crippen LogP contribution >= 0.6 is 15.9 Å². The smallest absolute Gasteiger partial charge is 0.0505 e. The fourth-order valence-corrected chi connectivity index (χ4v) is 6.77. The van der Waals surface area contributed by atoms with Crippen molar-refractivity contribution in [3.8, 4) is 11.1 Å². The van der Waals surface area contributed by atoms with Gasteiger partial charge in [0, 0.05) is 15.6 Å². The van der Waals surface area contributed by atoms with E-state index in [0.717, 1.165) is 4.47 Å². The largest absolute Gasteiger partial charge is 0.310 e. The van der Waals surface area contributed by atoms with E-state index in [1.807, 2.05) is 0 Å². The van der Waals surface area contributed by atoms with E-state index in [9.17, 15) is 0 Å². The Kier molecular flexibility index (Phi) is 5.47. The summed E-state index contributed by atoms with van der Waals surface area (Å²) in [6.45, 7) is 9.18. The lowest BCUT2D eigenvalue weighted by atomic mass is 9.72. The molecular weight excluding hydrogens is 538 g/mol. The van der Waals surface area contributed by atoms with Gasteiger partial charge in [-0.25, -0.2) is 0 Å². The van der Waals surface area contributed by atoms with Crippen molar-refractivity contribution >= 4 is 54.5 Å². The number of nitrogens with zero attached hydrogens (tertiary/aromatic N) is 1. The van der Waals surface area contributed by atoms with Gasteiger partial charge in [-0.05, 0) is 123 Å². The second-order valence-electron chi connectivity index (χ2n) is 11.4. The molecule has 0 atom stereocenters. The average Bonchev–Trinajstić information content (AvgIpc) is 2.92. The molecule has 1 heterocycles. The molecule has 190 valence electrons. The molecule has 0 unspecified atom stereocenters. The third-order valence-corrected chi connectivity index (χ3v) is 9.00. The zero-order chi connectivity index (χ0) is 26.9. The predicted octanol–water partition coefficient (Wildman–Crippen LogP) is 11.1. The third kappa shape index (κ3) is 3.81. The van der Waals surface area contributed by atoms with Gasteiger partial charge in [0.2, 0.25) is 0 Å². The average molecular weight is 569 g/mol. The van der Waals surface area contributed by atoms with Gasteiger partial charge in [-0.3, -0.25) is 0 Å². The van der Waals surface area contributed by atoms with Crippen molar-refractivity contribution in [2.45, 2.75) is 33.1 Å². The van der Waals surface area contributed by atoms with Crippen molar-refractivity contribution in [1.82, 2.24) is 0 Å². The number of benzene rings is 6. The van der Waals surface area contributed by atoms with E-state index in [1.165, 1.54) is 72.0 Å². The van der Waals surface area contributed by atoms with Crippen LogP contribution in [0.25, 0.3) is 32.7 Å². The lowest BCUT2D eigenvalue weighted by molar-refractivity contribution is 0.632. The first-order valence-corrected chi connectivity index (χ1v) is 14.3. The number of hydrogen-bond donors (Lipinski definition) is 0. The molecule has 0 fully saturated rings. The molecule has 0 spiro atoms. The first-order valence-electron chi connectivity index (χ1n) is 13.5. The van der Waals surface area contributed by atoms with Crippen molar-refractivity contribution in [2.24, 2.45) is 0 Å². The zero-order valence-electron chi connectivity index (χ0n) is 22.7. The molecule has 0 bridgehead atoms. The van der Waals surface area contributed by atoms with Crippen LogP contribution in [0.3, 0.4) is 0 Å². The van der Waals surface area contributed by atoms with Crippen molar-refractivity contribution in [3.63, 3.8) is 0 Å². The van der Waals surface area contributed by atoms with Crippen molar-refractivity contribution in [2.75, 3.05) is 4.90 Å². The number of para-hydroxylation sites is 1. The van der Waals surface area contributed by atoms with E-state index in [1.54, 1.807) is 0 Å². The van der Waals surface area contributed by atoms with Gasteiger partial charge in [0.1, 0.15) is 0 Å². The predicted molar refractivity (Wildman–Crippen MR) is 171 cm³/mol. The van der Waals surface area contributed by atoms with E-state index in [-0.39, 0.29) is 5.41 Å². The Morgan fingerprint density at radius 3 is 2.03 bits per heavy atom. The molecule has 1 aliphatic rings. The van der Waals surface area contributed by atoms with Crippen LogP contribution in [0, 0.1) is 13.8 Å². The summed E-state index contributed by atoms with van der Waals surface area (Å²) in [5, 5.41) is 5.00. The number of fused-ring (bicyclic) bond motifs is 4. The maximum Gasteiger partial charge on any atom is 0.0505 e. The SMILES string of the molecule is Cc1ccccc1-c1cc2c(cc1C)N(c1ccc3cc4cc(Br)ccc4cc3c1)c1ccccc1C2(C)C. The number of anilines is 3. The van der Waals surface area contributed by atoms with Gasteiger partial charge in [-0.1, -0.05) is 84.4 Å². The summed E-state index contributed by atoms with van der Waals surface area (Å²) >= 11 is 3.62. The van der Waals surface area contributed by atoms with E-state index in [4.69, 9.17) is 0 Å². The van der Waals surface area contributed by atoms with Gasteiger partial charge in [0.05, 0.1) is 11.4 Å². The van der Waals surface area contributed by atoms with E-state index in [0.29, 0.717) is 0 Å². The van der Waals surface area contributed by atoms with Gasteiger partial charge in [0.25, 0.3) is 0 Å². The molecule has 6 aromatic carbocycles. The molecule has 1 nitrogen and oxygen atoms in total. The summed E-state index contributed by atoms with van der Waals surface area (Å²) in [5.74, 6) is 0. The summed E-state index contributed by atoms with van der Waals surface area (Å²) < 4.78 is 1.11. The highest BCUT2D eigenvalue weighted by Crippen LogP contribution is 2.53. The minimum Gasteiger partial charge on any atom is -0.310 e. The third-order valence-electron chi connectivity index (χ3n) is 8.51. The molecule has 0 amide bonds. The minimum atomic E-state index is -0.131. The van der Waals surface area contributed by atoms with E-state index < -0.39 is 0 Å². The number of aryl methyl sites for hydroxylation is 2. The lowest BCUT2D eigenvalue weighted by Crippen LogP contribution is -2.30. The van der Waals surface area contributed by atoms with Crippen LogP contribution in [0.2, 0.25) is 0 Å². The molecule has 0 radical (unpaired) electrons. The molecule has 0 aromatic heterocycles. The number of rotatable bonds is 2. The van der Waals surface area contributed by atoms with E-state index >= 15 is 0 Å². The highest BCUT2D eigenvalue weighted by Gasteiger charge is 2.37. The Labute approximate surface area is 238 Å². The van der Waals surface area contributed by atoms with E-state index in [2.05, 4.69) is 158 Å². The Morgan fingerprint density at radius 1 is 0.538 bits per heavy atom. The molecule has 0 saturated carbocycles. The van der Waals surface area contributed by atoms with Gasteiger partial charge in [-0.2, -0.15) is 0 Å². The molecular formula is C37H30BrN. The first kappa shape index (κ1) is 24.2. The van der Waals surface area contributed by atoms with Crippen LogP contribution in [-0.2, 0) is 5.41 Å². The van der Waals surface area contributed by atoms with Gasteiger partial charge >= 0.3 is 0 Å². The zero-order valence-corrected chi connectivity index (χ0v) is 24.3. The second-order valence-corrected chi connectivity index (χ2v) is 12.3. The fraction of sp³-hybridized carbons (Fsp3) is 0.135. The second kappa shape index (κ2) is 8.83. The van der Waals surface area contributed by atoms with Gasteiger partial charge in [-0.15, -0.1) is 0 Å². The Balaban J connectivity index is 1.48. The maximum atomic E-state index is 3.62. The molecule has 2 heteroatoms. The van der Waals surface area contributed by atoms with Gasteiger partial charge < -0.3 is 4.90 Å². The summed E-state index contributed by atoms with van der Waals surface area (Å²) in [6, 6.07) is 40.5. The molecule has 7 rings (SSSR count). The van der Waals surface area contributed by atoms with Crippen molar-refractivity contribution in [3.05, 3.63) is 136 Å². The van der Waals surface area contributed by atoms with Gasteiger partial charge in [0.15, 0.2) is 0 Å². The fourth-order valence-electron chi connectivity index (χ4n) is 6.39. The van der Waals surface area contributed by atoms with Crippen LogP contribution in [0.15, 0.2) is 114 Å². The summed E-state index contributed by atoms with van der Waals surface area (Å²) in [4.78, 5) is 2.47. The van der Waals surface area contributed by atoms with Crippen LogP contribution in [0.4, 0.5) is 17.1 Å². The van der Waals surface area contributed by atoms with Crippen molar-refractivity contribution in [1.29, 1.82) is 0 Å². The highest BCUT2D eigenvalue weighted by atomic mass is 79.9. The van der Waals surface area contributed by atoms with Crippen LogP contribution in [-0.4, -0.2) is 0 Å². The summed E-state index contributed by atoms with van der Waals surface area (Å²) in [6.07, 6.45) is 0. The lowest BCUT2D eigenvalue weighted by Gasteiger charge is -2.42.